The van der Waals surface area contributed by atoms with Crippen molar-refractivity contribution >= 4 is 5.65 Å². The molecule has 2 aromatic rings. The van der Waals surface area contributed by atoms with Crippen molar-refractivity contribution in [3.8, 4) is 0 Å². The number of nitrogens with zero attached hydrogens (tertiary/aromatic N) is 3. The average Bonchev–Trinajstić information content (AvgIpc) is 2.55. The minimum atomic E-state index is -4.41. The van der Waals surface area contributed by atoms with Crippen molar-refractivity contribution in [1.82, 2.24) is 14.2 Å². The van der Waals surface area contributed by atoms with Crippen LogP contribution in [0.2, 0.25) is 0 Å². The third-order valence-electron chi connectivity index (χ3n) is 1.97. The molecule has 0 aliphatic carbocycles. The Bertz CT molecular complexity index is 573. The van der Waals surface area contributed by atoms with Gasteiger partial charge in [0.1, 0.15) is 13.3 Å². The summed E-state index contributed by atoms with van der Waals surface area (Å²) in [5, 5.41) is 3.81. The lowest BCUT2D eigenvalue weighted by Gasteiger charge is -2.06. The molecule has 0 unspecified atom stereocenters. The molecule has 0 N–H and O–H groups in total. The van der Waals surface area contributed by atoms with Crippen molar-refractivity contribution in [2.45, 2.75) is 12.9 Å². The van der Waals surface area contributed by atoms with Gasteiger partial charge in [0.2, 0.25) is 0 Å². The number of fused-ring (bicyclic) bond motifs is 1. The van der Waals surface area contributed by atoms with Crippen LogP contribution in [-0.2, 0) is 11.5 Å². The van der Waals surface area contributed by atoms with E-state index in [9.17, 15) is 18.0 Å². The molecule has 0 saturated heterocycles. The summed E-state index contributed by atoms with van der Waals surface area (Å²) in [5.74, 6) is 0. The van der Waals surface area contributed by atoms with Crippen molar-refractivity contribution < 1.29 is 17.9 Å². The molecule has 0 aliphatic heterocycles. The molecule has 17 heavy (non-hydrogen) atoms. The fraction of sp³-hybridized carbons (Fsp3) is 0.333. The van der Waals surface area contributed by atoms with Crippen LogP contribution in [0.15, 0.2) is 29.2 Å². The highest BCUT2D eigenvalue weighted by atomic mass is 19.4. The van der Waals surface area contributed by atoms with E-state index in [2.05, 4.69) is 9.84 Å². The third-order valence-corrected chi connectivity index (χ3v) is 1.97. The van der Waals surface area contributed by atoms with E-state index in [4.69, 9.17) is 0 Å². The number of rotatable bonds is 3. The second kappa shape index (κ2) is 4.21. The van der Waals surface area contributed by atoms with Crippen LogP contribution >= 0.6 is 0 Å². The Morgan fingerprint density at radius 3 is 2.76 bits per heavy atom. The van der Waals surface area contributed by atoms with Gasteiger partial charge < -0.3 is 4.74 Å². The third kappa shape index (κ3) is 2.64. The Morgan fingerprint density at radius 2 is 2.12 bits per heavy atom. The van der Waals surface area contributed by atoms with E-state index in [1.807, 2.05) is 0 Å². The van der Waals surface area contributed by atoms with Crippen LogP contribution in [-0.4, -0.2) is 27.0 Å². The zero-order chi connectivity index (χ0) is 12.5. The fourth-order valence-corrected chi connectivity index (χ4v) is 1.30. The monoisotopic (exact) mass is 247 g/mol. The van der Waals surface area contributed by atoms with Gasteiger partial charge in [-0.15, -0.1) is 5.10 Å². The van der Waals surface area contributed by atoms with E-state index in [1.165, 1.54) is 10.6 Å². The van der Waals surface area contributed by atoms with E-state index in [-0.39, 0.29) is 0 Å². The molecule has 0 aromatic carbocycles. The van der Waals surface area contributed by atoms with Gasteiger partial charge in [-0.1, -0.05) is 6.07 Å². The zero-order valence-electron chi connectivity index (χ0n) is 8.52. The number of hydrogen-bond acceptors (Lipinski definition) is 3. The summed E-state index contributed by atoms with van der Waals surface area (Å²) in [6.07, 6.45) is -2.94. The Morgan fingerprint density at radius 1 is 1.35 bits per heavy atom. The lowest BCUT2D eigenvalue weighted by atomic mass is 10.5. The van der Waals surface area contributed by atoms with E-state index in [0.717, 1.165) is 4.68 Å². The van der Waals surface area contributed by atoms with Gasteiger partial charge in [-0.3, -0.25) is 4.40 Å². The Hall–Kier alpha value is -1.83. The molecule has 2 heterocycles. The predicted molar refractivity (Wildman–Crippen MR) is 51.5 cm³/mol. The molecule has 0 spiro atoms. The van der Waals surface area contributed by atoms with Crippen LogP contribution in [0.1, 0.15) is 0 Å². The van der Waals surface area contributed by atoms with Gasteiger partial charge >= 0.3 is 11.9 Å². The summed E-state index contributed by atoms with van der Waals surface area (Å²) in [5.41, 5.74) is -0.184. The number of aromatic nitrogens is 3. The second-order valence-corrected chi connectivity index (χ2v) is 3.30. The van der Waals surface area contributed by atoms with E-state index < -0.39 is 25.2 Å². The molecular formula is C9H8F3N3O2. The molecule has 0 radical (unpaired) electrons. The molecule has 0 bridgehead atoms. The number of pyridine rings is 1. The first kappa shape index (κ1) is 11.6. The summed E-state index contributed by atoms with van der Waals surface area (Å²) in [6, 6.07) is 4.86. The second-order valence-electron chi connectivity index (χ2n) is 3.30. The summed E-state index contributed by atoms with van der Waals surface area (Å²) in [7, 11) is 0. The SMILES string of the molecule is O=c1n(COCC(F)(F)F)nc2ccccn12. The van der Waals surface area contributed by atoms with Crippen LogP contribution in [0.25, 0.3) is 5.65 Å². The standard InChI is InChI=1S/C9H8F3N3O2/c10-9(11,12)5-17-6-15-8(16)14-4-2-1-3-7(14)13-15/h1-4H,5-6H2. The van der Waals surface area contributed by atoms with Crippen LogP contribution in [0, 0.1) is 0 Å². The number of halogens is 3. The molecule has 0 atom stereocenters. The van der Waals surface area contributed by atoms with Crippen LogP contribution in [0.4, 0.5) is 13.2 Å². The van der Waals surface area contributed by atoms with Gasteiger partial charge in [0.05, 0.1) is 0 Å². The van der Waals surface area contributed by atoms with E-state index in [0.29, 0.717) is 5.65 Å². The Balaban J connectivity index is 2.14. The minimum absolute atomic E-state index is 0.355. The van der Waals surface area contributed by atoms with Gasteiger partial charge in [0.15, 0.2) is 5.65 Å². The molecule has 92 valence electrons. The largest absolute Gasteiger partial charge is 0.411 e. The molecule has 2 rings (SSSR count). The van der Waals surface area contributed by atoms with E-state index in [1.54, 1.807) is 18.2 Å². The molecule has 8 heteroatoms. The molecule has 0 aliphatic rings. The molecule has 0 saturated carbocycles. The minimum Gasteiger partial charge on any atom is -0.350 e. The highest BCUT2D eigenvalue weighted by Gasteiger charge is 2.27. The first-order valence-electron chi connectivity index (χ1n) is 4.66. The van der Waals surface area contributed by atoms with Gasteiger partial charge in [0.25, 0.3) is 0 Å². The highest BCUT2D eigenvalue weighted by Crippen LogP contribution is 2.14. The Labute approximate surface area is 93.0 Å². The van der Waals surface area contributed by atoms with Crippen LogP contribution in [0.5, 0.6) is 0 Å². The summed E-state index contributed by atoms with van der Waals surface area (Å²) in [4.78, 5) is 11.6. The van der Waals surface area contributed by atoms with Crippen LogP contribution in [0.3, 0.4) is 0 Å². The maximum atomic E-state index is 11.8. The normalized spacial score (nSPS) is 12.2. The molecular weight excluding hydrogens is 239 g/mol. The van der Waals surface area contributed by atoms with Crippen molar-refractivity contribution in [3.63, 3.8) is 0 Å². The molecule has 2 aromatic heterocycles. The van der Waals surface area contributed by atoms with Gasteiger partial charge in [-0.05, 0) is 12.1 Å². The summed E-state index contributed by atoms with van der Waals surface area (Å²) < 4.78 is 41.9. The Kier molecular flexibility index (Phi) is 2.88. The van der Waals surface area contributed by atoms with Crippen LogP contribution < -0.4 is 5.69 Å². The first-order valence-corrected chi connectivity index (χ1v) is 4.66. The smallest absolute Gasteiger partial charge is 0.350 e. The van der Waals surface area contributed by atoms with Gasteiger partial charge in [-0.2, -0.15) is 17.9 Å². The number of hydrogen-bond donors (Lipinski definition) is 0. The van der Waals surface area contributed by atoms with Gasteiger partial charge in [-0.25, -0.2) is 4.79 Å². The lowest BCUT2D eigenvalue weighted by Crippen LogP contribution is -2.25. The molecule has 0 amide bonds. The number of alkyl halides is 3. The first-order chi connectivity index (χ1) is 7.97. The summed E-state index contributed by atoms with van der Waals surface area (Å²) in [6.45, 7) is -1.94. The maximum absolute atomic E-state index is 11.8. The molecule has 5 nitrogen and oxygen atoms in total. The zero-order valence-corrected chi connectivity index (χ0v) is 8.52. The maximum Gasteiger partial charge on any atom is 0.411 e. The van der Waals surface area contributed by atoms with Crippen molar-refractivity contribution in [1.29, 1.82) is 0 Å². The van der Waals surface area contributed by atoms with Gasteiger partial charge in [0, 0.05) is 6.20 Å². The van der Waals surface area contributed by atoms with Crippen molar-refractivity contribution in [2.75, 3.05) is 6.61 Å². The molecule has 0 fully saturated rings. The lowest BCUT2D eigenvalue weighted by molar-refractivity contribution is -0.182. The quantitative estimate of drug-likeness (QED) is 0.814. The average molecular weight is 247 g/mol. The predicted octanol–water partition coefficient (Wildman–Crippen LogP) is 1.03. The highest BCUT2D eigenvalue weighted by molar-refractivity contribution is 5.35. The summed E-state index contributed by atoms with van der Waals surface area (Å²) >= 11 is 0. The van der Waals surface area contributed by atoms with Crippen molar-refractivity contribution in [2.24, 2.45) is 0 Å². The van der Waals surface area contributed by atoms with E-state index >= 15 is 0 Å². The fourth-order valence-electron chi connectivity index (χ4n) is 1.30. The van der Waals surface area contributed by atoms with Crippen molar-refractivity contribution in [3.05, 3.63) is 34.9 Å². The number of ether oxygens (including phenoxy) is 1. The topological polar surface area (TPSA) is 48.5 Å².